The minimum atomic E-state index is 0.0609. The lowest BCUT2D eigenvalue weighted by Gasteiger charge is -2.23. The second-order valence-corrected chi connectivity index (χ2v) is 4.86. The summed E-state index contributed by atoms with van der Waals surface area (Å²) < 4.78 is 16.3. The van der Waals surface area contributed by atoms with Gasteiger partial charge in [0.1, 0.15) is 12.5 Å². The van der Waals surface area contributed by atoms with Gasteiger partial charge in [-0.2, -0.15) is 0 Å². The van der Waals surface area contributed by atoms with Crippen LogP contribution in [-0.4, -0.2) is 26.6 Å². The van der Waals surface area contributed by atoms with E-state index in [-0.39, 0.29) is 12.0 Å². The Morgan fingerprint density at radius 2 is 1.70 bits per heavy atom. The highest BCUT2D eigenvalue weighted by molar-refractivity contribution is 5.37. The standard InChI is InChI=1S/C17H18O3/c1-18-15-9-7-14(8-10-15)17(16-11-19-12-20-16)13-5-3-2-4-6-13/h2-10,16-17H,11-12H2,1H3/t16-,17-/m0/s1. The SMILES string of the molecule is COc1ccc([C@H](c2ccccc2)[C@@H]2COCO2)cc1. The highest BCUT2D eigenvalue weighted by atomic mass is 16.7. The van der Waals surface area contributed by atoms with E-state index in [0.29, 0.717) is 13.4 Å². The lowest BCUT2D eigenvalue weighted by molar-refractivity contribution is 0.0426. The van der Waals surface area contributed by atoms with Gasteiger partial charge in [0.25, 0.3) is 0 Å². The van der Waals surface area contributed by atoms with Crippen LogP contribution in [0.4, 0.5) is 0 Å². The van der Waals surface area contributed by atoms with Gasteiger partial charge in [0.05, 0.1) is 19.8 Å². The van der Waals surface area contributed by atoms with Gasteiger partial charge in [0, 0.05) is 5.92 Å². The fourth-order valence-electron chi connectivity index (χ4n) is 2.63. The van der Waals surface area contributed by atoms with Crippen molar-refractivity contribution >= 4 is 0 Å². The molecule has 1 aliphatic heterocycles. The third kappa shape index (κ3) is 2.69. The molecule has 2 aromatic rings. The maximum atomic E-state index is 5.73. The molecule has 1 fully saturated rings. The maximum absolute atomic E-state index is 5.73. The molecule has 3 heteroatoms. The van der Waals surface area contributed by atoms with Crippen LogP contribution in [0.2, 0.25) is 0 Å². The van der Waals surface area contributed by atoms with Crippen LogP contribution >= 0.6 is 0 Å². The minimum Gasteiger partial charge on any atom is -0.497 e. The summed E-state index contributed by atoms with van der Waals surface area (Å²) in [5.74, 6) is 1.05. The van der Waals surface area contributed by atoms with E-state index < -0.39 is 0 Å². The number of ether oxygens (including phenoxy) is 3. The van der Waals surface area contributed by atoms with Crippen molar-refractivity contribution in [3.05, 3.63) is 65.7 Å². The van der Waals surface area contributed by atoms with Crippen molar-refractivity contribution in [1.82, 2.24) is 0 Å². The summed E-state index contributed by atoms with van der Waals surface area (Å²) in [5, 5.41) is 0. The van der Waals surface area contributed by atoms with Crippen LogP contribution in [0, 0.1) is 0 Å². The molecule has 0 bridgehead atoms. The topological polar surface area (TPSA) is 27.7 Å². The Labute approximate surface area is 119 Å². The maximum Gasteiger partial charge on any atom is 0.147 e. The first-order valence-corrected chi connectivity index (χ1v) is 6.77. The smallest absolute Gasteiger partial charge is 0.147 e. The Hall–Kier alpha value is -1.84. The van der Waals surface area contributed by atoms with Crippen molar-refractivity contribution in [1.29, 1.82) is 0 Å². The molecule has 20 heavy (non-hydrogen) atoms. The van der Waals surface area contributed by atoms with Crippen LogP contribution in [-0.2, 0) is 9.47 Å². The van der Waals surface area contributed by atoms with E-state index in [1.165, 1.54) is 11.1 Å². The lowest BCUT2D eigenvalue weighted by Crippen LogP contribution is -2.22. The fraction of sp³-hybridized carbons (Fsp3) is 0.294. The molecule has 0 aliphatic carbocycles. The Balaban J connectivity index is 1.95. The van der Waals surface area contributed by atoms with Crippen LogP contribution < -0.4 is 4.74 Å². The van der Waals surface area contributed by atoms with E-state index in [4.69, 9.17) is 14.2 Å². The summed E-state index contributed by atoms with van der Waals surface area (Å²) in [7, 11) is 1.68. The number of hydrogen-bond acceptors (Lipinski definition) is 3. The molecule has 3 nitrogen and oxygen atoms in total. The van der Waals surface area contributed by atoms with E-state index in [1.54, 1.807) is 7.11 Å². The van der Waals surface area contributed by atoms with Gasteiger partial charge >= 0.3 is 0 Å². The first-order valence-electron chi connectivity index (χ1n) is 6.77. The van der Waals surface area contributed by atoms with Crippen molar-refractivity contribution in [2.75, 3.05) is 20.5 Å². The lowest BCUT2D eigenvalue weighted by atomic mass is 9.87. The van der Waals surface area contributed by atoms with Gasteiger partial charge in [-0.3, -0.25) is 0 Å². The molecule has 0 saturated carbocycles. The van der Waals surface area contributed by atoms with Crippen LogP contribution in [0.15, 0.2) is 54.6 Å². The molecular formula is C17H18O3. The highest BCUT2D eigenvalue weighted by Gasteiger charge is 2.29. The van der Waals surface area contributed by atoms with E-state index in [2.05, 4.69) is 36.4 Å². The van der Waals surface area contributed by atoms with Crippen LogP contribution in [0.3, 0.4) is 0 Å². The summed E-state index contributed by atoms with van der Waals surface area (Å²) in [6.07, 6.45) is 0.0609. The van der Waals surface area contributed by atoms with Gasteiger partial charge in [-0.05, 0) is 23.3 Å². The van der Waals surface area contributed by atoms with Crippen molar-refractivity contribution in [2.45, 2.75) is 12.0 Å². The molecule has 1 aliphatic rings. The molecular weight excluding hydrogens is 252 g/mol. The monoisotopic (exact) mass is 270 g/mol. The molecule has 1 saturated heterocycles. The van der Waals surface area contributed by atoms with Gasteiger partial charge in [0.15, 0.2) is 0 Å². The first-order chi connectivity index (χ1) is 9.88. The highest BCUT2D eigenvalue weighted by Crippen LogP contribution is 2.32. The van der Waals surface area contributed by atoms with Gasteiger partial charge < -0.3 is 14.2 Å². The van der Waals surface area contributed by atoms with Gasteiger partial charge in [-0.15, -0.1) is 0 Å². The van der Waals surface area contributed by atoms with Crippen LogP contribution in [0.1, 0.15) is 17.0 Å². The van der Waals surface area contributed by atoms with Gasteiger partial charge in [-0.1, -0.05) is 42.5 Å². The van der Waals surface area contributed by atoms with Crippen molar-refractivity contribution < 1.29 is 14.2 Å². The molecule has 0 radical (unpaired) electrons. The fourth-order valence-corrected chi connectivity index (χ4v) is 2.63. The molecule has 2 aromatic carbocycles. The minimum absolute atomic E-state index is 0.0609. The number of hydrogen-bond donors (Lipinski definition) is 0. The third-order valence-corrected chi connectivity index (χ3v) is 3.65. The summed E-state index contributed by atoms with van der Waals surface area (Å²) >= 11 is 0. The third-order valence-electron chi connectivity index (χ3n) is 3.65. The first kappa shape index (κ1) is 13.2. The van der Waals surface area contributed by atoms with E-state index in [1.807, 2.05) is 18.2 Å². The molecule has 2 atom stereocenters. The average molecular weight is 270 g/mol. The molecule has 0 aromatic heterocycles. The van der Waals surface area contributed by atoms with Crippen molar-refractivity contribution in [3.8, 4) is 5.75 Å². The van der Waals surface area contributed by atoms with E-state index in [9.17, 15) is 0 Å². The zero-order valence-electron chi connectivity index (χ0n) is 11.5. The molecule has 0 unspecified atom stereocenters. The Morgan fingerprint density at radius 3 is 2.30 bits per heavy atom. The molecule has 0 amide bonds. The molecule has 104 valence electrons. The van der Waals surface area contributed by atoms with Crippen molar-refractivity contribution in [2.24, 2.45) is 0 Å². The average Bonchev–Trinajstić information content (AvgIpc) is 3.03. The Bertz CT molecular complexity index is 530. The summed E-state index contributed by atoms with van der Waals surface area (Å²) in [5.41, 5.74) is 2.46. The summed E-state index contributed by atoms with van der Waals surface area (Å²) in [6, 6.07) is 18.6. The summed E-state index contributed by atoms with van der Waals surface area (Å²) in [6.45, 7) is 1.01. The number of rotatable bonds is 4. The number of benzene rings is 2. The molecule has 0 N–H and O–H groups in total. The Morgan fingerprint density at radius 1 is 1.00 bits per heavy atom. The van der Waals surface area contributed by atoms with Gasteiger partial charge in [-0.25, -0.2) is 0 Å². The van der Waals surface area contributed by atoms with Gasteiger partial charge in [0.2, 0.25) is 0 Å². The Kier molecular flexibility index (Phi) is 4.00. The molecule has 3 rings (SSSR count). The van der Waals surface area contributed by atoms with E-state index in [0.717, 1.165) is 5.75 Å². The second kappa shape index (κ2) is 6.07. The summed E-state index contributed by atoms with van der Waals surface area (Å²) in [4.78, 5) is 0. The van der Waals surface area contributed by atoms with Crippen molar-refractivity contribution in [3.63, 3.8) is 0 Å². The molecule has 1 heterocycles. The van der Waals surface area contributed by atoms with Crippen LogP contribution in [0.25, 0.3) is 0 Å². The molecule has 0 spiro atoms. The van der Waals surface area contributed by atoms with Crippen LogP contribution in [0.5, 0.6) is 5.75 Å². The number of methoxy groups -OCH3 is 1. The predicted octanol–water partition coefficient (Wildman–Crippen LogP) is 3.20. The predicted molar refractivity (Wildman–Crippen MR) is 77.0 cm³/mol. The normalized spacial score (nSPS) is 19.8. The van der Waals surface area contributed by atoms with E-state index >= 15 is 0 Å². The zero-order chi connectivity index (χ0) is 13.8. The second-order valence-electron chi connectivity index (χ2n) is 4.86. The quantitative estimate of drug-likeness (QED) is 0.854. The largest absolute Gasteiger partial charge is 0.497 e. The zero-order valence-corrected chi connectivity index (χ0v) is 11.5.